The molecule has 1 aliphatic carbocycles. The molecule has 0 N–H and O–H groups in total. The molecule has 4 atom stereocenters. The topological polar surface area (TPSA) is 35.5 Å². The molecule has 0 unspecified atom stereocenters. The maximum absolute atomic E-state index is 12.6. The van der Waals surface area contributed by atoms with Crippen LogP contribution < -0.4 is 0 Å². The van der Waals surface area contributed by atoms with Crippen LogP contribution in [0.5, 0.6) is 0 Å². The van der Waals surface area contributed by atoms with Gasteiger partial charge in [-0.25, -0.2) is 0 Å². The second-order valence-corrected chi connectivity index (χ2v) is 22.7. The van der Waals surface area contributed by atoms with Crippen molar-refractivity contribution >= 4 is 22.4 Å². The fraction of sp³-hybridized carbons (Fsp3) is 0.821. The van der Waals surface area contributed by atoms with Crippen molar-refractivity contribution in [3.8, 4) is 11.8 Å². The summed E-state index contributed by atoms with van der Waals surface area (Å²) < 4.78 is 13.4. The third kappa shape index (κ3) is 8.49. The van der Waals surface area contributed by atoms with Gasteiger partial charge >= 0.3 is 0 Å². The fourth-order valence-electron chi connectivity index (χ4n) is 3.56. The van der Waals surface area contributed by atoms with Gasteiger partial charge in [0.1, 0.15) is 6.10 Å². The van der Waals surface area contributed by atoms with Crippen molar-refractivity contribution in [1.29, 1.82) is 0 Å². The standard InChI is InChI=1S/C28H52O3Si2/c1-14-15-16-21(2)19-23(30-32(10,11)27(4,5)6)17-18-24-22(3)25(29)20-26(24)31-33(12,13)28(7,8)9/h21,23-24,26H,3,14-16,19-20H2,1-2,4-13H3/t21-,23-,24-,26-/m1/s1. The normalized spacial score (nSPS) is 22.2. The molecule has 1 saturated carbocycles. The Balaban J connectivity index is 3.20. The summed E-state index contributed by atoms with van der Waals surface area (Å²) in [4.78, 5) is 12.6. The van der Waals surface area contributed by atoms with E-state index in [2.05, 4.69) is 100.0 Å². The van der Waals surface area contributed by atoms with E-state index in [-0.39, 0.29) is 34.0 Å². The third-order valence-electron chi connectivity index (χ3n) is 8.05. The molecule has 0 spiro atoms. The molecule has 0 aromatic carbocycles. The smallest absolute Gasteiger partial charge is 0.193 e. The summed E-state index contributed by atoms with van der Waals surface area (Å²) in [5.41, 5.74) is 0.608. The Morgan fingerprint density at radius 3 is 2.09 bits per heavy atom. The van der Waals surface area contributed by atoms with Crippen LogP contribution in [0.3, 0.4) is 0 Å². The predicted molar refractivity (Wildman–Crippen MR) is 147 cm³/mol. The number of rotatable bonds is 9. The van der Waals surface area contributed by atoms with E-state index in [0.717, 1.165) is 6.42 Å². The molecule has 190 valence electrons. The summed E-state index contributed by atoms with van der Waals surface area (Å²) in [6.07, 6.45) is 4.66. The van der Waals surface area contributed by atoms with Crippen LogP contribution in [-0.2, 0) is 13.6 Å². The van der Waals surface area contributed by atoms with Crippen LogP contribution in [0.2, 0.25) is 36.3 Å². The molecule has 1 fully saturated rings. The maximum atomic E-state index is 12.6. The molecular formula is C28H52O3Si2. The van der Waals surface area contributed by atoms with Gasteiger partial charge in [0.15, 0.2) is 22.4 Å². The van der Waals surface area contributed by atoms with Gasteiger partial charge in [-0.3, -0.25) is 4.79 Å². The first-order valence-electron chi connectivity index (χ1n) is 12.9. The van der Waals surface area contributed by atoms with Crippen LogP contribution in [-0.4, -0.2) is 34.6 Å². The lowest BCUT2D eigenvalue weighted by molar-refractivity contribution is -0.115. The Hall–Kier alpha value is -0.676. The van der Waals surface area contributed by atoms with Gasteiger partial charge in [-0.05, 0) is 48.6 Å². The molecule has 0 amide bonds. The van der Waals surface area contributed by atoms with Gasteiger partial charge < -0.3 is 8.85 Å². The molecule has 1 aliphatic rings. The largest absolute Gasteiger partial charge is 0.412 e. The van der Waals surface area contributed by atoms with E-state index in [1.165, 1.54) is 19.3 Å². The summed E-state index contributed by atoms with van der Waals surface area (Å²) in [5.74, 6) is 7.35. The number of ketones is 1. The summed E-state index contributed by atoms with van der Waals surface area (Å²) in [6.45, 7) is 31.2. The lowest BCUT2D eigenvalue weighted by Gasteiger charge is -2.39. The average molecular weight is 493 g/mol. The number of unbranched alkanes of at least 4 members (excludes halogenated alkanes) is 1. The van der Waals surface area contributed by atoms with Crippen molar-refractivity contribution < 1.29 is 13.6 Å². The molecule has 0 aliphatic heterocycles. The van der Waals surface area contributed by atoms with Gasteiger partial charge in [0.25, 0.3) is 0 Å². The Morgan fingerprint density at radius 1 is 1.06 bits per heavy atom. The molecule has 3 nitrogen and oxygen atoms in total. The van der Waals surface area contributed by atoms with E-state index in [9.17, 15) is 4.79 Å². The third-order valence-corrected chi connectivity index (χ3v) is 17.0. The molecule has 0 heterocycles. The molecule has 0 aromatic rings. The Kier molecular flexibility index (Phi) is 10.5. The molecule has 0 saturated heterocycles. The molecule has 5 heteroatoms. The van der Waals surface area contributed by atoms with E-state index < -0.39 is 16.6 Å². The second-order valence-electron chi connectivity index (χ2n) is 13.2. The number of Topliss-reactive ketones (excluding diaryl/α,β-unsaturated/α-hetero) is 1. The van der Waals surface area contributed by atoms with E-state index in [1.807, 2.05) is 0 Å². The SMILES string of the molecule is C=C1C(=O)C[C@@H](O[Si](C)(C)C(C)(C)C)[C@@H]1C#C[C@H](C[C@H](C)CCCC)O[Si](C)(C)C(C)(C)C. The lowest BCUT2D eigenvalue weighted by atomic mass is 9.96. The highest BCUT2D eigenvalue weighted by molar-refractivity contribution is 6.74. The van der Waals surface area contributed by atoms with Crippen molar-refractivity contribution in [3.05, 3.63) is 12.2 Å². The molecule has 1 rings (SSSR count). The van der Waals surface area contributed by atoms with Crippen molar-refractivity contribution in [2.75, 3.05) is 0 Å². The quantitative estimate of drug-likeness (QED) is 0.185. The van der Waals surface area contributed by atoms with E-state index in [1.54, 1.807) is 0 Å². The Morgan fingerprint density at radius 2 is 1.61 bits per heavy atom. The molecule has 0 radical (unpaired) electrons. The van der Waals surface area contributed by atoms with Crippen LogP contribution >= 0.6 is 0 Å². The zero-order valence-corrected chi connectivity index (χ0v) is 25.8. The van der Waals surface area contributed by atoms with E-state index >= 15 is 0 Å². The summed E-state index contributed by atoms with van der Waals surface area (Å²) in [5, 5.41) is 0.209. The zero-order valence-electron chi connectivity index (χ0n) is 23.8. The zero-order chi connectivity index (χ0) is 25.8. The summed E-state index contributed by atoms with van der Waals surface area (Å²) in [6, 6.07) is 0. The second kappa shape index (κ2) is 11.4. The van der Waals surface area contributed by atoms with Crippen molar-refractivity contribution in [1.82, 2.24) is 0 Å². The minimum Gasteiger partial charge on any atom is -0.412 e. The minimum atomic E-state index is -2.02. The van der Waals surface area contributed by atoms with Crippen molar-refractivity contribution in [2.24, 2.45) is 11.8 Å². The highest BCUT2D eigenvalue weighted by Crippen LogP contribution is 2.41. The van der Waals surface area contributed by atoms with Gasteiger partial charge in [0, 0.05) is 12.0 Å². The van der Waals surface area contributed by atoms with Gasteiger partial charge in [-0.15, -0.1) is 0 Å². The van der Waals surface area contributed by atoms with Crippen LogP contribution in [0.25, 0.3) is 0 Å². The molecular weight excluding hydrogens is 440 g/mol. The first-order chi connectivity index (χ1) is 14.8. The first-order valence-corrected chi connectivity index (χ1v) is 18.7. The number of hydrogen-bond acceptors (Lipinski definition) is 3. The van der Waals surface area contributed by atoms with Crippen LogP contribution in [0.4, 0.5) is 0 Å². The predicted octanol–water partition coefficient (Wildman–Crippen LogP) is 8.13. The average Bonchev–Trinajstić information content (AvgIpc) is 2.88. The van der Waals surface area contributed by atoms with Crippen LogP contribution in [0.15, 0.2) is 12.2 Å². The van der Waals surface area contributed by atoms with Crippen LogP contribution in [0, 0.1) is 23.7 Å². The van der Waals surface area contributed by atoms with Crippen LogP contribution in [0.1, 0.15) is 87.5 Å². The summed E-state index contributed by atoms with van der Waals surface area (Å²) >= 11 is 0. The minimum absolute atomic E-state index is 0.0840. The fourth-order valence-corrected chi connectivity index (χ4v) is 6.11. The van der Waals surface area contributed by atoms with Crippen molar-refractivity contribution in [2.45, 2.75) is 136 Å². The number of hydrogen-bond donors (Lipinski definition) is 0. The number of carbonyl (C=O) groups is 1. The van der Waals surface area contributed by atoms with E-state index in [0.29, 0.717) is 17.9 Å². The molecule has 33 heavy (non-hydrogen) atoms. The lowest BCUT2D eigenvalue weighted by Crippen LogP contribution is -2.45. The first kappa shape index (κ1) is 30.4. The summed E-state index contributed by atoms with van der Waals surface area (Å²) in [7, 11) is -3.99. The van der Waals surface area contributed by atoms with Gasteiger partial charge in [0.05, 0.1) is 12.0 Å². The molecule has 0 aromatic heterocycles. The van der Waals surface area contributed by atoms with Gasteiger partial charge in [0.2, 0.25) is 0 Å². The van der Waals surface area contributed by atoms with Crippen molar-refractivity contribution in [3.63, 3.8) is 0 Å². The maximum Gasteiger partial charge on any atom is 0.193 e. The Labute approximate surface area is 207 Å². The van der Waals surface area contributed by atoms with E-state index in [4.69, 9.17) is 8.85 Å². The Bertz CT molecular complexity index is 744. The molecule has 0 bridgehead atoms. The highest BCUT2D eigenvalue weighted by Gasteiger charge is 2.45. The van der Waals surface area contributed by atoms with Gasteiger partial charge in [-0.2, -0.15) is 0 Å². The van der Waals surface area contributed by atoms with Gasteiger partial charge in [-0.1, -0.05) is 93.1 Å². The highest BCUT2D eigenvalue weighted by atomic mass is 28.4. The number of carbonyl (C=O) groups excluding carboxylic acids is 1. The monoisotopic (exact) mass is 492 g/mol.